The molecule has 10 heteroatoms. The Morgan fingerprint density at radius 1 is 1.27 bits per heavy atom. The largest absolute Gasteiger partial charge is 0.376 e. The Labute approximate surface area is 203 Å². The predicted molar refractivity (Wildman–Crippen MR) is 134 cm³/mol. The van der Waals surface area contributed by atoms with Gasteiger partial charge in [0.05, 0.1) is 17.6 Å². The van der Waals surface area contributed by atoms with E-state index >= 15 is 0 Å². The van der Waals surface area contributed by atoms with Crippen molar-refractivity contribution in [1.29, 1.82) is 5.26 Å². The fraction of sp³-hybridized carbons (Fsp3) is 0.565. The maximum atomic E-state index is 13.2. The molecule has 1 amide bonds. The summed E-state index contributed by atoms with van der Waals surface area (Å²) in [5, 5.41) is 9.65. The summed E-state index contributed by atoms with van der Waals surface area (Å²) in [6.45, 7) is 9.42. The number of piperazine rings is 1. The van der Waals surface area contributed by atoms with Crippen molar-refractivity contribution in [2.24, 2.45) is 7.05 Å². The summed E-state index contributed by atoms with van der Waals surface area (Å²) < 4.78 is 7.76. The van der Waals surface area contributed by atoms with Crippen LogP contribution in [0.3, 0.4) is 0 Å². The highest BCUT2D eigenvalue weighted by Gasteiger charge is 2.35. The molecule has 0 radical (unpaired) electrons. The smallest absolute Gasteiger partial charge is 0.270 e. The Morgan fingerprint density at radius 3 is 2.61 bits per heavy atom. The highest BCUT2D eigenvalue weighted by molar-refractivity contribution is 8.26. The van der Waals surface area contributed by atoms with E-state index in [1.807, 2.05) is 6.08 Å². The third-order valence-corrected chi connectivity index (χ3v) is 8.02. The predicted octanol–water partition coefficient (Wildman–Crippen LogP) is 2.09. The first-order valence-corrected chi connectivity index (χ1v) is 12.6. The number of nitriles is 1. The number of likely N-dealkylation sites (N-methyl/N-ethyl adjacent to an activating group) is 1. The molecule has 1 aromatic rings. The minimum atomic E-state index is -0.314. The van der Waals surface area contributed by atoms with E-state index in [1.165, 1.54) is 11.8 Å². The van der Waals surface area contributed by atoms with Crippen molar-refractivity contribution in [3.63, 3.8) is 0 Å². The molecule has 4 heterocycles. The lowest BCUT2D eigenvalue weighted by atomic mass is 10.0. The van der Waals surface area contributed by atoms with Crippen LogP contribution in [0, 0.1) is 18.3 Å². The van der Waals surface area contributed by atoms with Crippen molar-refractivity contribution in [2.75, 3.05) is 50.8 Å². The van der Waals surface area contributed by atoms with Gasteiger partial charge in [-0.15, -0.1) is 0 Å². The molecule has 1 atom stereocenters. The molecule has 0 saturated carbocycles. The van der Waals surface area contributed by atoms with Crippen molar-refractivity contribution >= 4 is 46.1 Å². The van der Waals surface area contributed by atoms with Gasteiger partial charge >= 0.3 is 0 Å². The van der Waals surface area contributed by atoms with Gasteiger partial charge in [-0.05, 0) is 37.9 Å². The van der Waals surface area contributed by atoms with E-state index in [1.54, 1.807) is 23.4 Å². The number of ether oxygens (including phenoxy) is 1. The van der Waals surface area contributed by atoms with E-state index in [-0.39, 0.29) is 23.1 Å². The Balaban J connectivity index is 1.73. The second-order valence-corrected chi connectivity index (χ2v) is 10.2. The molecule has 8 nitrogen and oxygen atoms in total. The number of hydrogen-bond acceptors (Lipinski definition) is 8. The van der Waals surface area contributed by atoms with Crippen LogP contribution in [-0.2, 0) is 16.6 Å². The highest BCUT2D eigenvalue weighted by atomic mass is 32.2. The summed E-state index contributed by atoms with van der Waals surface area (Å²) in [6.07, 6.45) is 3.75. The van der Waals surface area contributed by atoms with Crippen LogP contribution in [0.4, 0.5) is 5.82 Å². The number of amides is 1. The van der Waals surface area contributed by atoms with E-state index in [9.17, 15) is 14.9 Å². The van der Waals surface area contributed by atoms with Gasteiger partial charge in [0.15, 0.2) is 0 Å². The zero-order valence-electron chi connectivity index (χ0n) is 19.3. The van der Waals surface area contributed by atoms with Gasteiger partial charge in [-0.2, -0.15) is 5.26 Å². The molecule has 4 rings (SSSR count). The van der Waals surface area contributed by atoms with Gasteiger partial charge in [0.1, 0.15) is 21.8 Å². The summed E-state index contributed by atoms with van der Waals surface area (Å²) in [5.41, 5.74) is 1.12. The molecule has 176 valence electrons. The minimum absolute atomic E-state index is 0.0155. The number of pyridine rings is 1. The van der Waals surface area contributed by atoms with Gasteiger partial charge in [-0.25, -0.2) is 0 Å². The molecular weight excluding hydrogens is 458 g/mol. The second kappa shape index (κ2) is 9.97. The Morgan fingerprint density at radius 2 is 2.00 bits per heavy atom. The van der Waals surface area contributed by atoms with Crippen molar-refractivity contribution in [2.45, 2.75) is 32.8 Å². The quantitative estimate of drug-likeness (QED) is 0.461. The first-order valence-electron chi connectivity index (χ1n) is 11.3. The first kappa shape index (κ1) is 24.0. The van der Waals surface area contributed by atoms with Crippen LogP contribution in [0.2, 0.25) is 0 Å². The molecule has 0 N–H and O–H groups in total. The number of nitrogens with zero attached hydrogens (tertiary/aromatic N) is 5. The normalized spacial score (nSPS) is 23.1. The van der Waals surface area contributed by atoms with Gasteiger partial charge in [-0.1, -0.05) is 30.9 Å². The van der Waals surface area contributed by atoms with Crippen molar-refractivity contribution in [3.8, 4) is 6.07 Å². The number of aromatic nitrogens is 1. The topological polar surface area (TPSA) is 81.8 Å². The molecule has 0 spiro atoms. The average Bonchev–Trinajstić information content (AvgIpc) is 3.42. The Bertz CT molecular complexity index is 1090. The van der Waals surface area contributed by atoms with Gasteiger partial charge in [0.25, 0.3) is 11.5 Å². The lowest BCUT2D eigenvalue weighted by Crippen LogP contribution is -2.48. The van der Waals surface area contributed by atoms with E-state index in [4.69, 9.17) is 17.0 Å². The molecule has 0 aromatic carbocycles. The summed E-state index contributed by atoms with van der Waals surface area (Å²) in [7, 11) is 1.70. The van der Waals surface area contributed by atoms with Crippen LogP contribution in [-0.4, -0.2) is 76.6 Å². The van der Waals surface area contributed by atoms with E-state index < -0.39 is 0 Å². The molecule has 1 aromatic heterocycles. The fourth-order valence-corrected chi connectivity index (χ4v) is 5.91. The van der Waals surface area contributed by atoms with Gasteiger partial charge < -0.3 is 14.5 Å². The number of hydrogen-bond donors (Lipinski definition) is 0. The number of anilines is 1. The van der Waals surface area contributed by atoms with Crippen LogP contribution in [0.25, 0.3) is 6.08 Å². The number of thiocarbonyl (C=S) groups is 1. The standard InChI is InChI=1S/C23H29N5O3S2/c1-4-26-7-9-27(10-8-26)20-17(15(2)18(13-24)21(29)25(20)3)12-19-22(30)28(23(32)33-19)14-16-6-5-11-31-16/h12,16H,4-11,14H2,1-3H3/b19-12-. The van der Waals surface area contributed by atoms with Crippen molar-refractivity contribution in [3.05, 3.63) is 31.9 Å². The monoisotopic (exact) mass is 487 g/mol. The minimum Gasteiger partial charge on any atom is -0.376 e. The molecule has 0 aliphatic carbocycles. The Hall–Kier alpha value is -2.19. The molecule has 1 unspecified atom stereocenters. The summed E-state index contributed by atoms with van der Waals surface area (Å²) in [6, 6.07) is 2.06. The van der Waals surface area contributed by atoms with Gasteiger partial charge in [0.2, 0.25) is 0 Å². The van der Waals surface area contributed by atoms with Crippen molar-refractivity contribution in [1.82, 2.24) is 14.4 Å². The molecule has 0 bridgehead atoms. The summed E-state index contributed by atoms with van der Waals surface area (Å²) in [5.74, 6) is 0.602. The average molecular weight is 488 g/mol. The lowest BCUT2D eigenvalue weighted by molar-refractivity contribution is -0.123. The molecule has 3 saturated heterocycles. The van der Waals surface area contributed by atoms with Gasteiger partial charge in [0, 0.05) is 45.4 Å². The van der Waals surface area contributed by atoms with E-state index in [0.29, 0.717) is 21.3 Å². The van der Waals surface area contributed by atoms with E-state index in [2.05, 4.69) is 22.8 Å². The van der Waals surface area contributed by atoms with Crippen LogP contribution in [0.5, 0.6) is 0 Å². The summed E-state index contributed by atoms with van der Waals surface area (Å²) in [4.78, 5) is 32.8. The van der Waals surface area contributed by atoms with Crippen LogP contribution in [0.1, 0.15) is 36.5 Å². The number of carbonyl (C=O) groups is 1. The first-order chi connectivity index (χ1) is 15.8. The fourth-order valence-electron chi connectivity index (χ4n) is 4.65. The van der Waals surface area contributed by atoms with Crippen LogP contribution < -0.4 is 10.5 Å². The van der Waals surface area contributed by atoms with Crippen LogP contribution in [0.15, 0.2) is 9.70 Å². The Kier molecular flexibility index (Phi) is 7.24. The second-order valence-electron chi connectivity index (χ2n) is 8.56. The molecule has 33 heavy (non-hydrogen) atoms. The molecule has 3 fully saturated rings. The molecular formula is C23H29N5O3S2. The van der Waals surface area contributed by atoms with Gasteiger partial charge in [-0.3, -0.25) is 19.1 Å². The highest BCUT2D eigenvalue weighted by Crippen LogP contribution is 2.36. The molecule has 3 aliphatic heterocycles. The van der Waals surface area contributed by atoms with E-state index in [0.717, 1.165) is 63.6 Å². The number of thioether (sulfide) groups is 1. The zero-order chi connectivity index (χ0) is 23.7. The maximum absolute atomic E-state index is 13.2. The maximum Gasteiger partial charge on any atom is 0.270 e. The summed E-state index contributed by atoms with van der Waals surface area (Å²) >= 11 is 6.77. The number of carbonyl (C=O) groups excluding carboxylic acids is 1. The lowest BCUT2D eigenvalue weighted by Gasteiger charge is -2.37. The number of rotatable bonds is 5. The van der Waals surface area contributed by atoms with Crippen molar-refractivity contribution < 1.29 is 9.53 Å². The molecule has 3 aliphatic rings. The zero-order valence-corrected chi connectivity index (χ0v) is 20.9. The third kappa shape index (κ3) is 4.60. The SMILES string of the molecule is CCN1CCN(c2c(/C=C3\SC(=S)N(CC4CCCO4)C3=O)c(C)c(C#N)c(=O)n2C)CC1. The van der Waals surface area contributed by atoms with Crippen LogP contribution >= 0.6 is 24.0 Å². The third-order valence-electron chi connectivity index (χ3n) is 6.65.